The van der Waals surface area contributed by atoms with Crippen molar-refractivity contribution < 1.29 is 4.74 Å². The van der Waals surface area contributed by atoms with Crippen LogP contribution in [0.3, 0.4) is 0 Å². The number of hydrogen-bond acceptors (Lipinski definition) is 2. The second-order valence-electron chi connectivity index (χ2n) is 6.72. The normalized spacial score (nSPS) is 16.4. The van der Waals surface area contributed by atoms with Crippen LogP contribution < -0.4 is 10.5 Å². The van der Waals surface area contributed by atoms with E-state index in [9.17, 15) is 0 Å². The quantitative estimate of drug-likeness (QED) is 0.846. The molecule has 2 aromatic carbocycles. The van der Waals surface area contributed by atoms with Crippen LogP contribution in [0.25, 0.3) is 0 Å². The maximum absolute atomic E-state index is 6.03. The van der Waals surface area contributed by atoms with Crippen molar-refractivity contribution in [1.82, 2.24) is 0 Å². The van der Waals surface area contributed by atoms with Crippen LogP contribution in [0.2, 0.25) is 0 Å². The number of benzene rings is 2. The Kier molecular flexibility index (Phi) is 5.35. The van der Waals surface area contributed by atoms with Gasteiger partial charge in [-0.1, -0.05) is 42.0 Å². The summed E-state index contributed by atoms with van der Waals surface area (Å²) in [6, 6.07) is 17.3. The van der Waals surface area contributed by atoms with Crippen LogP contribution in [0, 0.1) is 6.92 Å². The number of rotatable bonds is 6. The first-order valence-corrected chi connectivity index (χ1v) is 8.77. The number of hydrogen-bond donors (Lipinski definition) is 1. The first kappa shape index (κ1) is 16.1. The maximum atomic E-state index is 6.03. The molecule has 1 aliphatic carbocycles. The fourth-order valence-corrected chi connectivity index (χ4v) is 3.36. The molecule has 0 spiro atoms. The lowest BCUT2D eigenvalue weighted by atomic mass is 9.91. The summed E-state index contributed by atoms with van der Waals surface area (Å²) in [5.41, 5.74) is 9.94. The molecule has 2 heteroatoms. The summed E-state index contributed by atoms with van der Waals surface area (Å²) in [5, 5.41) is 0. The highest BCUT2D eigenvalue weighted by Crippen LogP contribution is 2.26. The minimum Gasteiger partial charge on any atom is -0.490 e. The van der Waals surface area contributed by atoms with Crippen LogP contribution in [0.5, 0.6) is 5.75 Å². The van der Waals surface area contributed by atoms with Crippen molar-refractivity contribution in [3.8, 4) is 5.75 Å². The van der Waals surface area contributed by atoms with E-state index >= 15 is 0 Å². The Labute approximate surface area is 139 Å². The summed E-state index contributed by atoms with van der Waals surface area (Å²) in [6.07, 6.45) is 6.40. The maximum Gasteiger partial charge on any atom is 0.119 e. The van der Waals surface area contributed by atoms with E-state index in [0.717, 1.165) is 12.2 Å². The number of aryl methyl sites for hydroxylation is 1. The Morgan fingerprint density at radius 2 is 1.65 bits per heavy atom. The van der Waals surface area contributed by atoms with Gasteiger partial charge in [0.15, 0.2) is 0 Å². The smallest absolute Gasteiger partial charge is 0.119 e. The van der Waals surface area contributed by atoms with E-state index in [-0.39, 0.29) is 0 Å². The minimum atomic E-state index is 0.372. The van der Waals surface area contributed by atoms with Crippen molar-refractivity contribution in [2.24, 2.45) is 5.73 Å². The van der Waals surface area contributed by atoms with Crippen LogP contribution in [0.15, 0.2) is 48.5 Å². The monoisotopic (exact) mass is 309 g/mol. The van der Waals surface area contributed by atoms with Gasteiger partial charge in [-0.3, -0.25) is 0 Å². The van der Waals surface area contributed by atoms with Gasteiger partial charge < -0.3 is 10.5 Å². The second kappa shape index (κ2) is 7.65. The predicted octanol–water partition coefficient (Wildman–Crippen LogP) is 4.60. The minimum absolute atomic E-state index is 0.372. The summed E-state index contributed by atoms with van der Waals surface area (Å²) in [7, 11) is 0. The third-order valence-electron chi connectivity index (χ3n) is 4.84. The zero-order valence-corrected chi connectivity index (χ0v) is 14.0. The summed E-state index contributed by atoms with van der Waals surface area (Å²) >= 11 is 0. The van der Waals surface area contributed by atoms with Crippen LogP contribution in [0.4, 0.5) is 0 Å². The highest BCUT2D eigenvalue weighted by Gasteiger charge is 2.16. The molecule has 0 bridgehead atoms. The lowest BCUT2D eigenvalue weighted by molar-refractivity contribution is 0.210. The average molecular weight is 309 g/mol. The summed E-state index contributed by atoms with van der Waals surface area (Å²) in [5.74, 6) is 1.37. The Morgan fingerprint density at radius 3 is 2.26 bits per heavy atom. The summed E-state index contributed by atoms with van der Waals surface area (Å²) < 4.78 is 6.03. The molecule has 0 saturated heterocycles. The van der Waals surface area contributed by atoms with Crippen LogP contribution >= 0.6 is 0 Å². The van der Waals surface area contributed by atoms with Crippen molar-refractivity contribution in [3.05, 3.63) is 65.2 Å². The van der Waals surface area contributed by atoms with Gasteiger partial charge in [0, 0.05) is 5.92 Å². The molecular weight excluding hydrogens is 282 g/mol. The molecule has 1 unspecified atom stereocenters. The molecule has 0 aromatic heterocycles. The molecule has 1 saturated carbocycles. The van der Waals surface area contributed by atoms with Gasteiger partial charge in [0.2, 0.25) is 0 Å². The Balaban J connectivity index is 1.62. The van der Waals surface area contributed by atoms with E-state index in [4.69, 9.17) is 10.5 Å². The molecule has 3 rings (SSSR count). The van der Waals surface area contributed by atoms with Crippen molar-refractivity contribution in [3.63, 3.8) is 0 Å². The topological polar surface area (TPSA) is 35.2 Å². The fourth-order valence-electron chi connectivity index (χ4n) is 3.36. The van der Waals surface area contributed by atoms with Crippen molar-refractivity contribution in [2.45, 2.75) is 51.0 Å². The van der Waals surface area contributed by atoms with E-state index < -0.39 is 0 Å². The van der Waals surface area contributed by atoms with E-state index in [1.165, 1.54) is 42.4 Å². The lowest BCUT2D eigenvalue weighted by Gasteiger charge is -2.17. The number of ether oxygens (including phenoxy) is 1. The average Bonchev–Trinajstić information content (AvgIpc) is 3.08. The second-order valence-corrected chi connectivity index (χ2v) is 6.72. The SMILES string of the molecule is Cc1ccc(C(CN)Cc2ccc(OC3CCCC3)cc2)cc1. The third kappa shape index (κ3) is 4.35. The van der Waals surface area contributed by atoms with Gasteiger partial charge in [0.1, 0.15) is 5.75 Å². The van der Waals surface area contributed by atoms with Crippen molar-refractivity contribution >= 4 is 0 Å². The lowest BCUT2D eigenvalue weighted by Crippen LogP contribution is -2.15. The molecule has 2 nitrogen and oxygen atoms in total. The zero-order chi connectivity index (χ0) is 16.1. The molecule has 1 aliphatic rings. The van der Waals surface area contributed by atoms with E-state index in [1.54, 1.807) is 0 Å². The first-order valence-electron chi connectivity index (χ1n) is 8.77. The Hall–Kier alpha value is -1.80. The molecule has 23 heavy (non-hydrogen) atoms. The fraction of sp³-hybridized carbons (Fsp3) is 0.429. The predicted molar refractivity (Wildman–Crippen MR) is 96.0 cm³/mol. The molecule has 1 atom stereocenters. The van der Waals surface area contributed by atoms with E-state index in [0.29, 0.717) is 18.6 Å². The van der Waals surface area contributed by atoms with Crippen LogP contribution in [-0.4, -0.2) is 12.6 Å². The molecule has 0 amide bonds. The molecule has 0 aliphatic heterocycles. The Bertz CT molecular complexity index is 597. The number of nitrogens with two attached hydrogens (primary N) is 1. The van der Waals surface area contributed by atoms with E-state index in [2.05, 4.69) is 55.5 Å². The van der Waals surface area contributed by atoms with Crippen molar-refractivity contribution in [2.75, 3.05) is 6.54 Å². The zero-order valence-electron chi connectivity index (χ0n) is 14.0. The summed E-state index contributed by atoms with van der Waals surface area (Å²) in [4.78, 5) is 0. The molecule has 0 heterocycles. The van der Waals surface area contributed by atoms with Gasteiger partial charge in [0.25, 0.3) is 0 Å². The molecule has 1 fully saturated rings. The largest absolute Gasteiger partial charge is 0.490 e. The molecule has 2 aromatic rings. The van der Waals surface area contributed by atoms with Gasteiger partial charge in [-0.05, 0) is 68.8 Å². The molecular formula is C21H27NO. The van der Waals surface area contributed by atoms with Gasteiger partial charge in [-0.2, -0.15) is 0 Å². The molecule has 2 N–H and O–H groups in total. The Morgan fingerprint density at radius 1 is 1.00 bits per heavy atom. The van der Waals surface area contributed by atoms with Crippen LogP contribution in [-0.2, 0) is 6.42 Å². The van der Waals surface area contributed by atoms with Gasteiger partial charge in [0.05, 0.1) is 6.10 Å². The standard InChI is InChI=1S/C21H27NO/c1-16-6-10-18(11-7-16)19(15-22)14-17-8-12-21(13-9-17)23-20-4-2-3-5-20/h6-13,19-20H,2-5,14-15,22H2,1H3. The van der Waals surface area contributed by atoms with Gasteiger partial charge >= 0.3 is 0 Å². The highest BCUT2D eigenvalue weighted by atomic mass is 16.5. The molecule has 0 radical (unpaired) electrons. The molecule has 122 valence electrons. The third-order valence-corrected chi connectivity index (χ3v) is 4.84. The first-order chi connectivity index (χ1) is 11.2. The summed E-state index contributed by atoms with van der Waals surface area (Å²) in [6.45, 7) is 2.79. The van der Waals surface area contributed by atoms with Gasteiger partial charge in [-0.15, -0.1) is 0 Å². The van der Waals surface area contributed by atoms with Crippen molar-refractivity contribution in [1.29, 1.82) is 0 Å². The highest BCUT2D eigenvalue weighted by molar-refractivity contribution is 5.31. The van der Waals surface area contributed by atoms with E-state index in [1.807, 2.05) is 0 Å². The van der Waals surface area contributed by atoms with Crippen LogP contribution in [0.1, 0.15) is 48.3 Å². The van der Waals surface area contributed by atoms with Gasteiger partial charge in [-0.25, -0.2) is 0 Å².